The van der Waals surface area contributed by atoms with Gasteiger partial charge < -0.3 is 10.6 Å². The summed E-state index contributed by atoms with van der Waals surface area (Å²) in [5.41, 5.74) is 3.54. The van der Waals surface area contributed by atoms with Gasteiger partial charge in [-0.3, -0.25) is 9.59 Å². The van der Waals surface area contributed by atoms with Gasteiger partial charge in [0.1, 0.15) is 0 Å². The summed E-state index contributed by atoms with van der Waals surface area (Å²) in [6.45, 7) is 4.00. The number of para-hydroxylation sites is 1. The fourth-order valence-corrected chi connectivity index (χ4v) is 4.21. The molecule has 1 amide bonds. The summed E-state index contributed by atoms with van der Waals surface area (Å²) in [5, 5.41) is 6.94. The van der Waals surface area contributed by atoms with E-state index < -0.39 is 0 Å². The third-order valence-corrected chi connectivity index (χ3v) is 6.08. The highest BCUT2D eigenvalue weighted by Gasteiger charge is 2.16. The van der Waals surface area contributed by atoms with Gasteiger partial charge in [0.05, 0.1) is 5.69 Å². The first-order chi connectivity index (χ1) is 17.1. The first kappa shape index (κ1) is 26.2. The molecule has 3 aromatic rings. The molecule has 1 saturated carbocycles. The molecule has 4 rings (SSSR count). The van der Waals surface area contributed by atoms with Crippen molar-refractivity contribution in [2.45, 2.75) is 52.0 Å². The molecule has 1 fully saturated rings. The number of halogens is 1. The number of anilines is 2. The first-order valence-electron chi connectivity index (χ1n) is 12.3. The van der Waals surface area contributed by atoms with Crippen molar-refractivity contribution in [3.05, 3.63) is 101 Å². The number of amides is 1. The molecule has 4 nitrogen and oxygen atoms in total. The van der Waals surface area contributed by atoms with Gasteiger partial charge in [-0.05, 0) is 66.9 Å². The van der Waals surface area contributed by atoms with E-state index >= 15 is 0 Å². The van der Waals surface area contributed by atoms with Gasteiger partial charge in [-0.1, -0.05) is 81.1 Å². The number of ketones is 1. The fourth-order valence-electron chi connectivity index (χ4n) is 4.03. The predicted octanol–water partition coefficient (Wildman–Crippen LogP) is 8.07. The van der Waals surface area contributed by atoms with Crippen LogP contribution in [-0.2, 0) is 0 Å². The van der Waals surface area contributed by atoms with E-state index in [0.717, 1.165) is 24.1 Å². The summed E-state index contributed by atoms with van der Waals surface area (Å²) >= 11 is 6.16. The molecule has 35 heavy (non-hydrogen) atoms. The van der Waals surface area contributed by atoms with Crippen molar-refractivity contribution in [1.29, 1.82) is 0 Å². The van der Waals surface area contributed by atoms with E-state index in [1.807, 2.05) is 56.3 Å². The lowest BCUT2D eigenvalue weighted by Gasteiger charge is -2.22. The second-order valence-corrected chi connectivity index (χ2v) is 8.75. The largest absolute Gasteiger partial charge is 0.355 e. The highest BCUT2D eigenvalue weighted by atomic mass is 35.5. The molecule has 2 N–H and O–H groups in total. The normalized spacial score (nSPS) is 13.6. The van der Waals surface area contributed by atoms with Crippen LogP contribution in [-0.4, -0.2) is 17.7 Å². The summed E-state index contributed by atoms with van der Waals surface area (Å²) < 4.78 is 0. The smallest absolute Gasteiger partial charge is 0.251 e. The Labute approximate surface area is 213 Å². The van der Waals surface area contributed by atoms with Crippen molar-refractivity contribution in [2.24, 2.45) is 0 Å². The van der Waals surface area contributed by atoms with Gasteiger partial charge in [0.15, 0.2) is 5.78 Å². The van der Waals surface area contributed by atoms with Crippen molar-refractivity contribution in [3.8, 4) is 0 Å². The van der Waals surface area contributed by atoms with Crippen LogP contribution in [0.25, 0.3) is 6.08 Å². The third-order valence-electron chi connectivity index (χ3n) is 5.84. The zero-order chi connectivity index (χ0) is 25.0. The molecule has 0 heterocycles. The highest BCUT2D eigenvalue weighted by Crippen LogP contribution is 2.26. The molecule has 5 heteroatoms. The van der Waals surface area contributed by atoms with Crippen LogP contribution in [0.5, 0.6) is 0 Å². The maximum atomic E-state index is 12.9. The van der Waals surface area contributed by atoms with Crippen molar-refractivity contribution in [1.82, 2.24) is 5.32 Å². The van der Waals surface area contributed by atoms with Gasteiger partial charge in [-0.15, -0.1) is 0 Å². The standard InChI is InChI=1S/C28H27ClN2O2.C2H6/c29-22-16-17-25(26(19-22)30-23-7-3-1-4-8-23)27(32)18-13-20-11-14-21(15-12-20)28(33)31-24-9-5-2-6-10-24;1-2/h1,3-4,7-8,11-19,24,30H,2,5-6,9-10H2,(H,31,33);1-2H3/b18-13+;. The average molecular weight is 489 g/mol. The predicted molar refractivity (Wildman–Crippen MR) is 147 cm³/mol. The number of nitrogens with one attached hydrogen (secondary N) is 2. The van der Waals surface area contributed by atoms with Gasteiger partial charge in [0.2, 0.25) is 0 Å². The maximum absolute atomic E-state index is 12.9. The van der Waals surface area contributed by atoms with Gasteiger partial charge in [0, 0.05) is 27.9 Å². The van der Waals surface area contributed by atoms with E-state index in [-0.39, 0.29) is 17.7 Å². The van der Waals surface area contributed by atoms with E-state index in [4.69, 9.17) is 11.6 Å². The van der Waals surface area contributed by atoms with Crippen LogP contribution in [0.1, 0.15) is 72.2 Å². The summed E-state index contributed by atoms with van der Waals surface area (Å²) in [6.07, 6.45) is 9.02. The molecule has 0 atom stereocenters. The van der Waals surface area contributed by atoms with Crippen LogP contribution in [0.4, 0.5) is 11.4 Å². The van der Waals surface area contributed by atoms with Crippen molar-refractivity contribution in [2.75, 3.05) is 5.32 Å². The van der Waals surface area contributed by atoms with E-state index in [1.54, 1.807) is 36.4 Å². The van der Waals surface area contributed by atoms with Crippen LogP contribution < -0.4 is 10.6 Å². The molecule has 0 spiro atoms. The molecule has 0 unspecified atom stereocenters. The summed E-state index contributed by atoms with van der Waals surface area (Å²) in [6, 6.07) is 22.4. The Morgan fingerprint density at radius 1 is 0.886 bits per heavy atom. The number of benzene rings is 3. The number of carbonyl (C=O) groups is 2. The molecule has 1 aliphatic carbocycles. The third kappa shape index (κ3) is 7.83. The van der Waals surface area contributed by atoms with Crippen LogP contribution in [0, 0.1) is 0 Å². The summed E-state index contributed by atoms with van der Waals surface area (Å²) in [4.78, 5) is 25.4. The van der Waals surface area contributed by atoms with Crippen molar-refractivity contribution in [3.63, 3.8) is 0 Å². The average Bonchev–Trinajstić information content (AvgIpc) is 2.90. The van der Waals surface area contributed by atoms with Gasteiger partial charge in [-0.2, -0.15) is 0 Å². The van der Waals surface area contributed by atoms with Crippen molar-refractivity contribution >= 4 is 40.7 Å². The molecule has 0 bridgehead atoms. The Hall–Kier alpha value is -3.37. The van der Waals surface area contributed by atoms with Crippen LogP contribution >= 0.6 is 11.6 Å². The van der Waals surface area contributed by atoms with Gasteiger partial charge in [-0.25, -0.2) is 0 Å². The first-order valence-corrected chi connectivity index (χ1v) is 12.7. The Morgan fingerprint density at radius 2 is 1.57 bits per heavy atom. The number of carbonyl (C=O) groups excluding carboxylic acids is 2. The lowest BCUT2D eigenvalue weighted by Crippen LogP contribution is -2.36. The van der Waals surface area contributed by atoms with E-state index in [1.165, 1.54) is 25.3 Å². The SMILES string of the molecule is CC.O=C(NC1CCCCC1)c1ccc(/C=C/C(=O)c2ccc(Cl)cc2Nc2ccccc2)cc1. The monoisotopic (exact) mass is 488 g/mol. The number of rotatable bonds is 7. The highest BCUT2D eigenvalue weighted by molar-refractivity contribution is 6.31. The van der Waals surface area contributed by atoms with E-state index in [2.05, 4.69) is 10.6 Å². The Kier molecular flexibility index (Phi) is 10.1. The fraction of sp³-hybridized carbons (Fsp3) is 0.267. The molecule has 0 radical (unpaired) electrons. The Balaban J connectivity index is 0.00000167. The zero-order valence-corrected chi connectivity index (χ0v) is 21.1. The molecule has 0 aromatic heterocycles. The van der Waals surface area contributed by atoms with Gasteiger partial charge in [0.25, 0.3) is 5.91 Å². The molecule has 182 valence electrons. The molecule has 3 aromatic carbocycles. The summed E-state index contributed by atoms with van der Waals surface area (Å²) in [7, 11) is 0. The Morgan fingerprint density at radius 3 is 2.26 bits per heavy atom. The summed E-state index contributed by atoms with van der Waals surface area (Å²) in [5.74, 6) is -0.171. The molecule has 0 aliphatic heterocycles. The lowest BCUT2D eigenvalue weighted by atomic mass is 9.95. The minimum atomic E-state index is -0.135. The molecule has 0 saturated heterocycles. The van der Waals surface area contributed by atoms with E-state index in [9.17, 15) is 9.59 Å². The van der Waals surface area contributed by atoms with Crippen LogP contribution in [0.15, 0.2) is 78.9 Å². The van der Waals surface area contributed by atoms with Crippen LogP contribution in [0.2, 0.25) is 5.02 Å². The molecule has 1 aliphatic rings. The molecular weight excluding hydrogens is 456 g/mol. The molecular formula is C30H33ClN2O2. The maximum Gasteiger partial charge on any atom is 0.251 e. The number of hydrogen-bond donors (Lipinski definition) is 2. The quantitative estimate of drug-likeness (QED) is 0.261. The number of allylic oxidation sites excluding steroid dienone is 1. The second-order valence-electron chi connectivity index (χ2n) is 8.31. The van der Waals surface area contributed by atoms with Gasteiger partial charge >= 0.3 is 0 Å². The van der Waals surface area contributed by atoms with Crippen molar-refractivity contribution < 1.29 is 9.59 Å². The topological polar surface area (TPSA) is 58.2 Å². The second kappa shape index (κ2) is 13.5. The van der Waals surface area contributed by atoms with E-state index in [0.29, 0.717) is 21.8 Å². The lowest BCUT2D eigenvalue weighted by molar-refractivity contribution is 0.0927. The van der Waals surface area contributed by atoms with Crippen LogP contribution in [0.3, 0.4) is 0 Å². The Bertz CT molecular complexity index is 1130. The number of hydrogen-bond acceptors (Lipinski definition) is 3. The zero-order valence-electron chi connectivity index (χ0n) is 20.4. The minimum absolute atomic E-state index is 0.0358. The minimum Gasteiger partial charge on any atom is -0.355 e.